The zero-order chi connectivity index (χ0) is 15.5. The molecule has 2 fully saturated rings. The monoisotopic (exact) mass is 296 g/mol. The minimum Gasteiger partial charge on any atom is -0.468 e. The molecule has 21 heavy (non-hydrogen) atoms. The number of carbonyl (C=O) groups excluding carboxylic acids is 1. The summed E-state index contributed by atoms with van der Waals surface area (Å²) in [5.41, 5.74) is 0.390. The molecular formula is C17H32N2O2. The molecule has 122 valence electrons. The molecule has 1 N–H and O–H groups in total. The van der Waals surface area contributed by atoms with Crippen molar-refractivity contribution in [2.24, 2.45) is 17.3 Å². The molecular weight excluding hydrogens is 264 g/mol. The molecule has 0 amide bonds. The fourth-order valence-corrected chi connectivity index (χ4v) is 4.02. The summed E-state index contributed by atoms with van der Waals surface area (Å²) in [6.07, 6.45) is 4.80. The molecule has 0 radical (unpaired) electrons. The summed E-state index contributed by atoms with van der Waals surface area (Å²) < 4.78 is 5.11. The first-order valence-electron chi connectivity index (χ1n) is 8.46. The summed E-state index contributed by atoms with van der Waals surface area (Å²) in [7, 11) is 1.53. The molecule has 0 bridgehead atoms. The van der Waals surface area contributed by atoms with Gasteiger partial charge in [-0.15, -0.1) is 0 Å². The zero-order valence-corrected chi connectivity index (χ0v) is 14.2. The highest BCUT2D eigenvalue weighted by atomic mass is 16.5. The van der Waals surface area contributed by atoms with E-state index in [-0.39, 0.29) is 12.0 Å². The van der Waals surface area contributed by atoms with E-state index in [1.54, 1.807) is 0 Å². The smallest absolute Gasteiger partial charge is 0.323 e. The molecule has 0 spiro atoms. The minimum absolute atomic E-state index is 0.0296. The summed E-state index contributed by atoms with van der Waals surface area (Å²) in [5, 5.41) is 3.36. The first-order valence-corrected chi connectivity index (χ1v) is 8.46. The second kappa shape index (κ2) is 7.10. The molecule has 4 nitrogen and oxygen atoms in total. The number of ether oxygens (including phenoxy) is 1. The number of esters is 1. The molecule has 1 aliphatic carbocycles. The first kappa shape index (κ1) is 16.8. The minimum atomic E-state index is -0.0314. The second-order valence-electron chi connectivity index (χ2n) is 7.73. The van der Waals surface area contributed by atoms with E-state index in [4.69, 9.17) is 4.74 Å². The van der Waals surface area contributed by atoms with Crippen LogP contribution in [0, 0.1) is 17.3 Å². The molecule has 2 rings (SSSR count). The molecule has 4 heteroatoms. The van der Waals surface area contributed by atoms with Gasteiger partial charge in [-0.2, -0.15) is 0 Å². The summed E-state index contributed by atoms with van der Waals surface area (Å²) in [4.78, 5) is 14.6. The van der Waals surface area contributed by atoms with Crippen LogP contribution >= 0.6 is 0 Å². The Kier molecular flexibility index (Phi) is 5.67. The Balaban J connectivity index is 2.00. The van der Waals surface area contributed by atoms with Crippen molar-refractivity contribution in [2.45, 2.75) is 52.5 Å². The topological polar surface area (TPSA) is 41.6 Å². The SMILES string of the molecule is COC(=O)C(C1CCC(C(C)(C)C)CC1)N1CCNCC1. The number of carbonyl (C=O) groups is 1. The molecule has 0 aromatic rings. The lowest BCUT2D eigenvalue weighted by molar-refractivity contribution is -0.150. The number of methoxy groups -OCH3 is 1. The van der Waals surface area contributed by atoms with Crippen molar-refractivity contribution in [3.63, 3.8) is 0 Å². The lowest BCUT2D eigenvalue weighted by Gasteiger charge is -2.42. The molecule has 1 saturated carbocycles. The van der Waals surface area contributed by atoms with Gasteiger partial charge in [-0.25, -0.2) is 0 Å². The average molecular weight is 296 g/mol. The maximum atomic E-state index is 12.3. The highest BCUT2D eigenvalue weighted by molar-refractivity contribution is 5.76. The van der Waals surface area contributed by atoms with Crippen LogP contribution in [0.5, 0.6) is 0 Å². The quantitative estimate of drug-likeness (QED) is 0.811. The zero-order valence-electron chi connectivity index (χ0n) is 14.2. The Morgan fingerprint density at radius 1 is 1.14 bits per heavy atom. The van der Waals surface area contributed by atoms with E-state index >= 15 is 0 Å². The molecule has 1 saturated heterocycles. The van der Waals surface area contributed by atoms with Crippen LogP contribution in [0.25, 0.3) is 0 Å². The van der Waals surface area contributed by atoms with Crippen LogP contribution in [0.2, 0.25) is 0 Å². The van der Waals surface area contributed by atoms with Gasteiger partial charge in [0, 0.05) is 26.2 Å². The van der Waals surface area contributed by atoms with E-state index in [1.807, 2.05) is 0 Å². The summed E-state index contributed by atoms with van der Waals surface area (Å²) in [6, 6.07) is -0.0296. The second-order valence-corrected chi connectivity index (χ2v) is 7.73. The predicted octanol–water partition coefficient (Wildman–Crippen LogP) is 2.29. The van der Waals surface area contributed by atoms with Gasteiger partial charge in [0.05, 0.1) is 7.11 Å². The van der Waals surface area contributed by atoms with Crippen molar-refractivity contribution < 1.29 is 9.53 Å². The summed E-state index contributed by atoms with van der Waals surface area (Å²) in [6.45, 7) is 10.9. The van der Waals surface area contributed by atoms with Crippen molar-refractivity contribution in [3.05, 3.63) is 0 Å². The van der Waals surface area contributed by atoms with E-state index in [0.29, 0.717) is 11.3 Å². The van der Waals surface area contributed by atoms with Crippen molar-refractivity contribution in [1.29, 1.82) is 0 Å². The van der Waals surface area contributed by atoms with E-state index in [2.05, 4.69) is 31.0 Å². The third-order valence-electron chi connectivity index (χ3n) is 5.43. The summed E-state index contributed by atoms with van der Waals surface area (Å²) >= 11 is 0. The number of piperazine rings is 1. The van der Waals surface area contributed by atoms with Crippen molar-refractivity contribution in [1.82, 2.24) is 10.2 Å². The van der Waals surface area contributed by atoms with Crippen molar-refractivity contribution in [3.8, 4) is 0 Å². The third-order valence-corrected chi connectivity index (χ3v) is 5.43. The largest absolute Gasteiger partial charge is 0.468 e. The molecule has 1 aliphatic heterocycles. The first-order chi connectivity index (χ1) is 9.93. The Hall–Kier alpha value is -0.610. The maximum Gasteiger partial charge on any atom is 0.323 e. The standard InChI is InChI=1S/C17H32N2O2/c1-17(2,3)14-7-5-13(6-8-14)15(16(20)21-4)19-11-9-18-10-12-19/h13-15,18H,5-12H2,1-4H3. The Labute approximate surface area is 129 Å². The van der Waals surface area contributed by atoms with E-state index in [9.17, 15) is 4.79 Å². The molecule has 1 heterocycles. The van der Waals surface area contributed by atoms with Gasteiger partial charge in [0.25, 0.3) is 0 Å². The molecule has 0 aromatic carbocycles. The number of nitrogens with zero attached hydrogens (tertiary/aromatic N) is 1. The predicted molar refractivity (Wildman–Crippen MR) is 85.1 cm³/mol. The fourth-order valence-electron chi connectivity index (χ4n) is 4.02. The Morgan fingerprint density at radius 2 is 1.71 bits per heavy atom. The highest BCUT2D eigenvalue weighted by Crippen LogP contribution is 2.41. The third kappa shape index (κ3) is 4.19. The molecule has 2 aliphatic rings. The van der Waals surface area contributed by atoms with Crippen LogP contribution in [-0.2, 0) is 9.53 Å². The number of hydrogen-bond donors (Lipinski definition) is 1. The highest BCUT2D eigenvalue weighted by Gasteiger charge is 2.39. The van der Waals surface area contributed by atoms with Gasteiger partial charge < -0.3 is 10.1 Å². The number of nitrogens with one attached hydrogen (secondary N) is 1. The molecule has 0 aromatic heterocycles. The van der Waals surface area contributed by atoms with Crippen LogP contribution in [0.4, 0.5) is 0 Å². The van der Waals surface area contributed by atoms with Crippen LogP contribution < -0.4 is 5.32 Å². The van der Waals surface area contributed by atoms with E-state index in [0.717, 1.165) is 44.9 Å². The van der Waals surface area contributed by atoms with Gasteiger partial charge in [-0.3, -0.25) is 9.69 Å². The lowest BCUT2D eigenvalue weighted by atomic mass is 9.68. The maximum absolute atomic E-state index is 12.3. The molecule has 1 unspecified atom stereocenters. The normalized spacial score (nSPS) is 29.9. The Morgan fingerprint density at radius 3 is 2.19 bits per heavy atom. The number of hydrogen-bond acceptors (Lipinski definition) is 4. The fraction of sp³-hybridized carbons (Fsp3) is 0.941. The average Bonchev–Trinajstić information content (AvgIpc) is 2.48. The van der Waals surface area contributed by atoms with Crippen molar-refractivity contribution >= 4 is 5.97 Å². The van der Waals surface area contributed by atoms with Gasteiger partial charge in [0.1, 0.15) is 6.04 Å². The van der Waals surface area contributed by atoms with Crippen LogP contribution in [0.3, 0.4) is 0 Å². The van der Waals surface area contributed by atoms with Gasteiger partial charge in [-0.05, 0) is 42.9 Å². The van der Waals surface area contributed by atoms with Gasteiger partial charge in [0.2, 0.25) is 0 Å². The number of rotatable bonds is 3. The van der Waals surface area contributed by atoms with Crippen molar-refractivity contribution in [2.75, 3.05) is 33.3 Å². The summed E-state index contributed by atoms with van der Waals surface area (Å²) in [5.74, 6) is 1.22. The van der Waals surface area contributed by atoms with Gasteiger partial charge in [-0.1, -0.05) is 20.8 Å². The van der Waals surface area contributed by atoms with Crippen LogP contribution in [0.15, 0.2) is 0 Å². The van der Waals surface area contributed by atoms with Crippen LogP contribution in [-0.4, -0.2) is 50.2 Å². The Bertz CT molecular complexity index is 337. The van der Waals surface area contributed by atoms with Crippen LogP contribution in [0.1, 0.15) is 46.5 Å². The van der Waals surface area contributed by atoms with E-state index in [1.165, 1.54) is 20.0 Å². The molecule has 1 atom stereocenters. The van der Waals surface area contributed by atoms with E-state index < -0.39 is 0 Å². The van der Waals surface area contributed by atoms with Gasteiger partial charge >= 0.3 is 5.97 Å². The lowest BCUT2D eigenvalue weighted by Crippen LogP contribution is -2.54. The van der Waals surface area contributed by atoms with Gasteiger partial charge in [0.15, 0.2) is 0 Å².